The van der Waals surface area contributed by atoms with Gasteiger partial charge < -0.3 is 4.43 Å². The highest BCUT2D eigenvalue weighted by molar-refractivity contribution is 6.70. The molecule has 0 spiro atoms. The molecule has 0 aromatic rings. The molecule has 62 valence electrons. The van der Waals surface area contributed by atoms with Crippen LogP contribution in [0.3, 0.4) is 0 Å². The maximum atomic E-state index is 5.88. The molecule has 0 radical (unpaired) electrons. The molecule has 0 aromatic carbocycles. The van der Waals surface area contributed by atoms with Crippen LogP contribution in [0.2, 0.25) is 19.6 Å². The Morgan fingerprint density at radius 3 is 2.20 bits per heavy atom. The summed E-state index contributed by atoms with van der Waals surface area (Å²) in [5.74, 6) is 0. The van der Waals surface area contributed by atoms with Gasteiger partial charge in [0.1, 0.15) is 0 Å². The molecule has 0 aliphatic carbocycles. The summed E-state index contributed by atoms with van der Waals surface area (Å²) in [7, 11) is -0.0306. The summed E-state index contributed by atoms with van der Waals surface area (Å²) in [5, 5.41) is 0. The molecule has 3 heteroatoms. The van der Waals surface area contributed by atoms with Crippen LogP contribution in [0.15, 0.2) is 0 Å². The third-order valence-electron chi connectivity index (χ3n) is 1.25. The second-order valence-corrected chi connectivity index (χ2v) is 9.58. The molecular weight excluding hydrogens is 156 g/mol. The van der Waals surface area contributed by atoms with E-state index in [0.29, 0.717) is 5.73 Å². The van der Waals surface area contributed by atoms with Crippen molar-refractivity contribution in [2.75, 3.05) is 0 Å². The van der Waals surface area contributed by atoms with Crippen LogP contribution in [-0.2, 0) is 4.43 Å². The summed E-state index contributed by atoms with van der Waals surface area (Å²) in [6, 6.07) is 0. The molecule has 0 heterocycles. The monoisotopic (exact) mass is 176 g/mol. The standard InChI is InChI=1S/C7H20OSi2/c1-5-6-7(9)8-10(2,3)4/h7H,5-6H2,1-4,9H3. The van der Waals surface area contributed by atoms with E-state index < -0.39 is 8.32 Å². The lowest BCUT2D eigenvalue weighted by Crippen LogP contribution is -2.32. The van der Waals surface area contributed by atoms with Gasteiger partial charge in [-0.3, -0.25) is 0 Å². The van der Waals surface area contributed by atoms with Crippen molar-refractivity contribution >= 4 is 18.6 Å². The quantitative estimate of drug-likeness (QED) is 0.587. The van der Waals surface area contributed by atoms with Crippen molar-refractivity contribution in [2.24, 2.45) is 0 Å². The fourth-order valence-electron chi connectivity index (χ4n) is 1.07. The molecule has 0 aliphatic heterocycles. The van der Waals surface area contributed by atoms with E-state index in [1.807, 2.05) is 0 Å². The molecule has 0 amide bonds. The first-order valence-electron chi connectivity index (χ1n) is 4.13. The van der Waals surface area contributed by atoms with Crippen LogP contribution in [0.5, 0.6) is 0 Å². The van der Waals surface area contributed by atoms with Crippen molar-refractivity contribution < 1.29 is 4.43 Å². The molecule has 10 heavy (non-hydrogen) atoms. The van der Waals surface area contributed by atoms with Crippen molar-refractivity contribution in [1.29, 1.82) is 0 Å². The van der Waals surface area contributed by atoms with Gasteiger partial charge in [-0.2, -0.15) is 0 Å². The van der Waals surface area contributed by atoms with Gasteiger partial charge in [0, 0.05) is 16.0 Å². The van der Waals surface area contributed by atoms with E-state index in [1.54, 1.807) is 0 Å². The molecule has 1 atom stereocenters. The average Bonchev–Trinajstić information content (AvgIpc) is 1.59. The van der Waals surface area contributed by atoms with Crippen molar-refractivity contribution in [2.45, 2.75) is 45.1 Å². The molecule has 1 unspecified atom stereocenters. The van der Waals surface area contributed by atoms with Crippen LogP contribution < -0.4 is 0 Å². The highest BCUT2D eigenvalue weighted by Crippen LogP contribution is 2.08. The van der Waals surface area contributed by atoms with Crippen molar-refractivity contribution in [1.82, 2.24) is 0 Å². The smallest absolute Gasteiger partial charge is 0.183 e. The van der Waals surface area contributed by atoms with E-state index in [0.717, 1.165) is 0 Å². The Labute approximate surface area is 68.7 Å². The van der Waals surface area contributed by atoms with Gasteiger partial charge in [0.05, 0.1) is 0 Å². The van der Waals surface area contributed by atoms with Gasteiger partial charge in [-0.1, -0.05) is 13.3 Å². The molecule has 0 saturated heterocycles. The molecule has 1 nitrogen and oxygen atoms in total. The minimum atomic E-state index is -1.22. The summed E-state index contributed by atoms with van der Waals surface area (Å²) in [5.41, 5.74) is 0.608. The van der Waals surface area contributed by atoms with Crippen molar-refractivity contribution in [3.8, 4) is 0 Å². The normalized spacial score (nSPS) is 15.6. The predicted molar refractivity (Wildman–Crippen MR) is 53.1 cm³/mol. The summed E-state index contributed by atoms with van der Waals surface area (Å²) >= 11 is 0. The van der Waals surface area contributed by atoms with Gasteiger partial charge in [0.2, 0.25) is 0 Å². The molecule has 0 rings (SSSR count). The number of hydrogen-bond donors (Lipinski definition) is 0. The highest BCUT2D eigenvalue weighted by Gasteiger charge is 2.16. The highest BCUT2D eigenvalue weighted by atomic mass is 28.4. The second-order valence-electron chi connectivity index (χ2n) is 3.83. The second kappa shape index (κ2) is 4.31. The lowest BCUT2D eigenvalue weighted by Gasteiger charge is -2.23. The van der Waals surface area contributed by atoms with E-state index >= 15 is 0 Å². The fraction of sp³-hybridized carbons (Fsp3) is 1.00. The van der Waals surface area contributed by atoms with Gasteiger partial charge in [-0.15, -0.1) is 0 Å². The largest absolute Gasteiger partial charge is 0.419 e. The van der Waals surface area contributed by atoms with Crippen LogP contribution in [0.25, 0.3) is 0 Å². The minimum absolute atomic E-state index is 0.608. The van der Waals surface area contributed by atoms with Crippen molar-refractivity contribution in [3.05, 3.63) is 0 Å². The first-order chi connectivity index (χ1) is 4.45. The maximum absolute atomic E-state index is 5.88. The summed E-state index contributed by atoms with van der Waals surface area (Å²) < 4.78 is 5.88. The Kier molecular flexibility index (Phi) is 4.48. The number of hydrogen-bond acceptors (Lipinski definition) is 1. The third kappa shape index (κ3) is 6.51. The van der Waals surface area contributed by atoms with Gasteiger partial charge >= 0.3 is 0 Å². The van der Waals surface area contributed by atoms with Crippen LogP contribution in [-0.4, -0.2) is 24.3 Å². The Morgan fingerprint density at radius 2 is 1.90 bits per heavy atom. The summed E-state index contributed by atoms with van der Waals surface area (Å²) in [4.78, 5) is 0. The van der Waals surface area contributed by atoms with Gasteiger partial charge in [0.15, 0.2) is 8.32 Å². The fourth-order valence-corrected chi connectivity index (χ4v) is 5.09. The first kappa shape index (κ1) is 10.4. The lowest BCUT2D eigenvalue weighted by atomic mass is 10.4. The third-order valence-corrected chi connectivity index (χ3v) is 3.64. The van der Waals surface area contributed by atoms with Crippen LogP contribution in [0.1, 0.15) is 19.8 Å². The maximum Gasteiger partial charge on any atom is 0.183 e. The van der Waals surface area contributed by atoms with E-state index in [-0.39, 0.29) is 0 Å². The summed E-state index contributed by atoms with van der Waals surface area (Å²) in [6.07, 6.45) is 2.52. The molecular formula is C7H20OSi2. The van der Waals surface area contributed by atoms with E-state index in [9.17, 15) is 0 Å². The van der Waals surface area contributed by atoms with Crippen molar-refractivity contribution in [3.63, 3.8) is 0 Å². The molecule has 0 aromatic heterocycles. The Balaban J connectivity index is 3.47. The first-order valence-corrected chi connectivity index (χ1v) is 8.70. The van der Waals surface area contributed by atoms with Gasteiger partial charge in [-0.05, 0) is 26.1 Å². The molecule has 0 aliphatic rings. The zero-order valence-corrected chi connectivity index (χ0v) is 10.9. The topological polar surface area (TPSA) is 9.23 Å². The predicted octanol–water partition coefficient (Wildman–Crippen LogP) is 1.33. The zero-order valence-electron chi connectivity index (χ0n) is 7.90. The Bertz CT molecular complexity index is 88.1. The minimum Gasteiger partial charge on any atom is -0.419 e. The Hall–Kier alpha value is 0.394. The molecule has 0 bridgehead atoms. The van der Waals surface area contributed by atoms with Crippen LogP contribution >= 0.6 is 0 Å². The van der Waals surface area contributed by atoms with Gasteiger partial charge in [0.25, 0.3) is 0 Å². The van der Waals surface area contributed by atoms with E-state index in [1.165, 1.54) is 23.1 Å². The van der Waals surface area contributed by atoms with Gasteiger partial charge in [-0.25, -0.2) is 0 Å². The molecule has 0 saturated carbocycles. The number of rotatable bonds is 4. The molecule has 0 fully saturated rings. The molecule has 0 N–H and O–H groups in total. The SMILES string of the molecule is CCCC([SiH3])O[Si](C)(C)C. The Morgan fingerprint density at radius 1 is 1.40 bits per heavy atom. The lowest BCUT2D eigenvalue weighted by molar-refractivity contribution is 0.261. The summed E-state index contributed by atoms with van der Waals surface area (Å²) in [6.45, 7) is 8.99. The van der Waals surface area contributed by atoms with E-state index in [2.05, 4.69) is 26.6 Å². The van der Waals surface area contributed by atoms with Crippen LogP contribution in [0, 0.1) is 0 Å². The average molecular weight is 176 g/mol. The zero-order chi connectivity index (χ0) is 8.20. The van der Waals surface area contributed by atoms with E-state index in [4.69, 9.17) is 4.43 Å². The van der Waals surface area contributed by atoms with Crippen LogP contribution in [0.4, 0.5) is 0 Å².